The Balaban J connectivity index is 1.08. The zero-order valence-corrected chi connectivity index (χ0v) is 59.0. The van der Waals surface area contributed by atoms with Crippen molar-refractivity contribution in [2.75, 3.05) is 0 Å². The Bertz CT molecular complexity index is 3570. The number of rotatable bonds is 20. The fourth-order valence-corrected chi connectivity index (χ4v) is 29.6. The van der Waals surface area contributed by atoms with Gasteiger partial charge < -0.3 is 0 Å². The van der Waals surface area contributed by atoms with Crippen molar-refractivity contribution < 1.29 is 151 Å². The molecular formula is C62H64I4O16S4-4. The van der Waals surface area contributed by atoms with Gasteiger partial charge in [-0.2, -0.15) is 0 Å². The Morgan fingerprint density at radius 3 is 0.686 bits per heavy atom. The molecule has 0 aliphatic heterocycles. The van der Waals surface area contributed by atoms with Gasteiger partial charge in [0.1, 0.15) is 0 Å². The second-order valence-electron chi connectivity index (χ2n) is 24.5. The Morgan fingerprint density at radius 1 is 0.326 bits per heavy atom. The summed E-state index contributed by atoms with van der Waals surface area (Å²) in [7, 11) is -17.2. The third-order valence-corrected chi connectivity index (χ3v) is 35.0. The number of halogens is 4. The van der Waals surface area contributed by atoms with Crippen molar-refractivity contribution in [1.29, 1.82) is 0 Å². The summed E-state index contributed by atoms with van der Waals surface area (Å²) in [6.45, 7) is 6.35. The molecule has 86 heavy (non-hydrogen) atoms. The fourth-order valence-electron chi connectivity index (χ4n) is 13.6. The van der Waals surface area contributed by atoms with Crippen molar-refractivity contribution in [3.8, 4) is 0 Å². The minimum absolute atomic E-state index is 0.0571. The van der Waals surface area contributed by atoms with E-state index < -0.39 is 171 Å². The molecule has 0 amide bonds. The quantitative estimate of drug-likeness (QED) is 0.0629. The van der Waals surface area contributed by atoms with Gasteiger partial charge in [0.2, 0.25) is 0 Å². The minimum atomic E-state index is -4.31. The van der Waals surface area contributed by atoms with E-state index in [9.17, 15) is 54.1 Å². The van der Waals surface area contributed by atoms with Gasteiger partial charge in [0.15, 0.2) is 0 Å². The number of aliphatic hydroxyl groups is 4. The van der Waals surface area contributed by atoms with Crippen molar-refractivity contribution in [1.82, 2.24) is 0 Å². The van der Waals surface area contributed by atoms with Crippen molar-refractivity contribution in [2.24, 2.45) is 0 Å². The van der Waals surface area contributed by atoms with Gasteiger partial charge in [-0.3, -0.25) is 0 Å². The van der Waals surface area contributed by atoms with Crippen LogP contribution in [0, 0.1) is 14.3 Å². The van der Waals surface area contributed by atoms with Crippen LogP contribution in [0.15, 0.2) is 190 Å². The molecule has 12 rings (SSSR count). The van der Waals surface area contributed by atoms with Gasteiger partial charge in [-0.25, -0.2) is 0 Å². The average molecular weight is 1700 g/mol. The molecule has 16 nitrogen and oxygen atoms in total. The van der Waals surface area contributed by atoms with E-state index in [0.717, 1.165) is 22.3 Å². The van der Waals surface area contributed by atoms with E-state index in [-0.39, 0.29) is 45.3 Å². The molecule has 4 N–H and O–H groups in total. The molecule has 0 heterocycles. The standard InChI is InChI=1S/C62H64I4O16S4/c1-55(67)29-21-43(22-30-55)83(71,72)79-63-51-17-9-5-13-47(51)59-37-60(48-14-6-10-18-52(48)64-80-84(73,74)44-23-31-56(2,68)32-24-44)40-61(38-59,49-15-7-11-19-53(49)65-81-85(75,76)45-25-33-57(3,69)34-26-45)42-62(39-59,41-60)50-16-8-12-20-54(50)66-82-86(77,78)46-27-35-58(4,70)36-28-46/h5-29,31,33,35,67-70H,30,32,34,36-42H2,1-4H3/q-4. The molecule has 0 saturated heterocycles. The molecule has 4 unspecified atom stereocenters. The van der Waals surface area contributed by atoms with Crippen LogP contribution in [0.2, 0.25) is 0 Å². The molecule has 4 atom stereocenters. The normalized spacial score (nSPS) is 31.7. The summed E-state index contributed by atoms with van der Waals surface area (Å²) < 4.78 is 140. The third kappa shape index (κ3) is 13.4. The van der Waals surface area contributed by atoms with Gasteiger partial charge in [-0.1, -0.05) is 0 Å². The van der Waals surface area contributed by atoms with Crippen LogP contribution in [0.3, 0.4) is 0 Å². The van der Waals surface area contributed by atoms with Crippen LogP contribution in [0.4, 0.5) is 0 Å². The molecule has 0 spiro atoms. The van der Waals surface area contributed by atoms with Crippen molar-refractivity contribution >= 4 is 40.5 Å². The second-order valence-corrected chi connectivity index (χ2v) is 41.2. The van der Waals surface area contributed by atoms with Crippen LogP contribution in [0.25, 0.3) is 0 Å². The summed E-state index contributed by atoms with van der Waals surface area (Å²) in [4.78, 5) is -0.229. The maximum atomic E-state index is 14.1. The first-order chi connectivity index (χ1) is 40.3. The van der Waals surface area contributed by atoms with E-state index in [1.165, 1.54) is 72.9 Å². The van der Waals surface area contributed by atoms with Gasteiger partial charge >= 0.3 is 553 Å². The molecule has 4 bridgehead atoms. The molecule has 4 aromatic rings. The predicted molar refractivity (Wildman–Crippen MR) is 305 cm³/mol. The molecule has 0 radical (unpaired) electrons. The first-order valence-electron chi connectivity index (χ1n) is 27.5. The summed E-state index contributed by atoms with van der Waals surface area (Å²) in [5, 5.41) is 42.5. The van der Waals surface area contributed by atoms with Gasteiger partial charge in [0, 0.05) is 0 Å². The second kappa shape index (κ2) is 23.7. The Morgan fingerprint density at radius 2 is 0.512 bits per heavy atom. The van der Waals surface area contributed by atoms with Crippen LogP contribution >= 0.6 is 0 Å². The summed E-state index contributed by atoms with van der Waals surface area (Å²) >= 11 is -7.09. The SMILES string of the molecule is CC1(O)C=CC(S(=O)(=O)O[I-]c2ccccc2C23CC4(c5ccccc5[I-]OS(=O)(=O)C5=CCC(C)(O)C=C5)CC(c5ccccc5[I-]OS(=O)(=O)C5=CCC(C)(O)C=C5)(C2)CC(c2ccccc2[I-]OS(=O)(=O)C2=CCC(C)(O)C=C2)(C3)C4)=CC1. The molecule has 8 aliphatic carbocycles. The maximum absolute atomic E-state index is 14.1. The van der Waals surface area contributed by atoms with Crippen LogP contribution in [0.1, 0.15) is 114 Å². The first kappa shape index (κ1) is 64.7. The first-order valence-corrected chi connectivity index (χ1v) is 41.0. The van der Waals surface area contributed by atoms with E-state index in [4.69, 9.17) is 10.1 Å². The number of hydrogen-bond acceptors (Lipinski definition) is 16. The molecule has 464 valence electrons. The van der Waals surface area contributed by atoms with Crippen LogP contribution < -0.4 is 86.5 Å². The van der Waals surface area contributed by atoms with Crippen molar-refractivity contribution in [2.45, 2.75) is 136 Å². The van der Waals surface area contributed by atoms with E-state index in [1.807, 2.05) is 97.1 Å². The zero-order valence-electron chi connectivity index (χ0n) is 47.1. The third-order valence-electron chi connectivity index (χ3n) is 17.1. The predicted octanol–water partition coefficient (Wildman–Crippen LogP) is -3.42. The van der Waals surface area contributed by atoms with Crippen LogP contribution in [-0.4, -0.2) is 76.5 Å². The zero-order chi connectivity index (χ0) is 61.5. The molecule has 4 fully saturated rings. The van der Waals surface area contributed by atoms with E-state index in [0.29, 0.717) is 52.8 Å². The number of allylic oxidation sites excluding steroid dienone is 4. The number of hydrogen-bond donors (Lipinski definition) is 4. The molecule has 24 heteroatoms. The topological polar surface area (TPSA) is 254 Å². The van der Waals surface area contributed by atoms with Crippen molar-refractivity contribution in [3.63, 3.8) is 0 Å². The Labute approximate surface area is 547 Å². The summed E-state index contributed by atoms with van der Waals surface area (Å²) in [6, 6.07) is 30.9. The van der Waals surface area contributed by atoms with Crippen LogP contribution in [0.5, 0.6) is 0 Å². The summed E-state index contributed by atoms with van der Waals surface area (Å²) in [5.74, 6) is 0. The molecule has 0 aromatic heterocycles. The van der Waals surface area contributed by atoms with E-state index >= 15 is 0 Å². The van der Waals surface area contributed by atoms with E-state index in [1.54, 1.807) is 27.7 Å². The molecule has 4 saturated carbocycles. The summed E-state index contributed by atoms with van der Waals surface area (Å²) in [5.41, 5.74) is -4.79. The van der Waals surface area contributed by atoms with Crippen LogP contribution in [-0.2, 0) is 72.2 Å². The molecule has 4 aromatic carbocycles. The van der Waals surface area contributed by atoms with Gasteiger partial charge in [0.05, 0.1) is 0 Å². The fraction of sp³-hybridized carbons (Fsp3) is 0.355. The molecular weight excluding hydrogens is 1640 g/mol. The Hall–Kier alpha value is -2.80. The number of benzene rings is 4. The van der Waals surface area contributed by atoms with E-state index in [2.05, 4.69) is 0 Å². The van der Waals surface area contributed by atoms with Gasteiger partial charge in [0.25, 0.3) is 0 Å². The summed E-state index contributed by atoms with van der Waals surface area (Å²) in [6.07, 6.45) is 20.3. The van der Waals surface area contributed by atoms with Crippen molar-refractivity contribution in [3.05, 3.63) is 226 Å². The van der Waals surface area contributed by atoms with Gasteiger partial charge in [-0.15, -0.1) is 0 Å². The molecule has 8 aliphatic rings. The average Bonchev–Trinajstić information content (AvgIpc) is 0.664. The van der Waals surface area contributed by atoms with Gasteiger partial charge in [-0.05, 0) is 0 Å². The monoisotopic (exact) mass is 1700 g/mol. The Kier molecular flexibility index (Phi) is 17.8.